The summed E-state index contributed by atoms with van der Waals surface area (Å²) >= 11 is 6.38. The first-order valence-corrected chi connectivity index (χ1v) is 13.5. The minimum Gasteiger partial charge on any atom is -0.433 e. The van der Waals surface area contributed by atoms with E-state index in [1.54, 1.807) is 0 Å². The quantitative estimate of drug-likeness (QED) is 0.505. The van der Waals surface area contributed by atoms with Crippen molar-refractivity contribution in [2.75, 3.05) is 0 Å². The SMILES string of the molecule is CCC(C)N(C(C)CC)[Si](C)(C)O[Si](C)(C)Cl. The van der Waals surface area contributed by atoms with Crippen LogP contribution >= 0.6 is 11.1 Å². The van der Waals surface area contributed by atoms with E-state index in [0.717, 1.165) is 12.8 Å². The molecule has 2 nitrogen and oxygen atoms in total. The van der Waals surface area contributed by atoms with E-state index in [2.05, 4.69) is 58.4 Å². The lowest BCUT2D eigenvalue weighted by Crippen LogP contribution is -2.61. The predicted molar refractivity (Wildman–Crippen MR) is 83.2 cm³/mol. The zero-order chi connectivity index (χ0) is 13.9. The van der Waals surface area contributed by atoms with Gasteiger partial charge in [0.1, 0.15) is 0 Å². The number of hydrogen-bond acceptors (Lipinski definition) is 2. The van der Waals surface area contributed by atoms with Gasteiger partial charge in [-0.15, -0.1) is 11.1 Å². The summed E-state index contributed by atoms with van der Waals surface area (Å²) in [6, 6.07) is 1.14. The van der Waals surface area contributed by atoms with Crippen molar-refractivity contribution in [1.29, 1.82) is 0 Å². The summed E-state index contributed by atoms with van der Waals surface area (Å²) in [5.41, 5.74) is 0. The molecule has 0 rings (SSSR count). The molecule has 2 atom stereocenters. The smallest absolute Gasteiger partial charge is 0.274 e. The molecule has 0 spiro atoms. The molecule has 0 saturated carbocycles. The molecule has 0 bridgehead atoms. The third kappa shape index (κ3) is 5.88. The molecule has 17 heavy (non-hydrogen) atoms. The van der Waals surface area contributed by atoms with Gasteiger partial charge in [0.05, 0.1) is 0 Å². The molecule has 0 heterocycles. The topological polar surface area (TPSA) is 12.5 Å². The minimum atomic E-state index is -1.98. The molecule has 0 aromatic carbocycles. The highest BCUT2D eigenvalue weighted by Gasteiger charge is 2.41. The molecule has 0 amide bonds. The molecule has 0 aromatic heterocycles. The predicted octanol–water partition coefficient (Wildman–Crippen LogP) is 4.54. The maximum Gasteiger partial charge on any atom is 0.274 e. The summed E-state index contributed by atoms with van der Waals surface area (Å²) in [7, 11) is -3.85. The van der Waals surface area contributed by atoms with E-state index in [1.165, 1.54) is 0 Å². The van der Waals surface area contributed by atoms with Gasteiger partial charge < -0.3 is 4.12 Å². The molecule has 2 unspecified atom stereocenters. The highest BCUT2D eigenvalue weighted by atomic mass is 35.6. The van der Waals surface area contributed by atoms with E-state index in [0.29, 0.717) is 12.1 Å². The van der Waals surface area contributed by atoms with Crippen LogP contribution in [-0.2, 0) is 4.12 Å². The molecule has 0 aliphatic heterocycles. The van der Waals surface area contributed by atoms with Crippen LogP contribution in [0.4, 0.5) is 0 Å². The summed E-state index contributed by atoms with van der Waals surface area (Å²) in [5, 5.41) is 0. The van der Waals surface area contributed by atoms with Crippen LogP contribution in [0.15, 0.2) is 0 Å². The van der Waals surface area contributed by atoms with Gasteiger partial charge in [0.2, 0.25) is 0 Å². The fourth-order valence-corrected chi connectivity index (χ4v) is 11.9. The van der Waals surface area contributed by atoms with Crippen molar-refractivity contribution in [2.24, 2.45) is 0 Å². The Morgan fingerprint density at radius 3 is 1.59 bits per heavy atom. The monoisotopic (exact) mass is 295 g/mol. The Kier molecular flexibility index (Phi) is 6.96. The molecule has 5 heteroatoms. The van der Waals surface area contributed by atoms with Gasteiger partial charge in [-0.2, -0.15) is 0 Å². The van der Waals surface area contributed by atoms with E-state index in [1.807, 2.05) is 0 Å². The third-order valence-electron chi connectivity index (χ3n) is 3.25. The molecule has 0 aliphatic rings. The van der Waals surface area contributed by atoms with Gasteiger partial charge in [0.25, 0.3) is 16.1 Å². The van der Waals surface area contributed by atoms with Crippen molar-refractivity contribution in [2.45, 2.75) is 78.8 Å². The van der Waals surface area contributed by atoms with Crippen LogP contribution < -0.4 is 0 Å². The highest BCUT2D eigenvalue weighted by Crippen LogP contribution is 2.26. The van der Waals surface area contributed by atoms with Gasteiger partial charge in [-0.1, -0.05) is 27.7 Å². The number of nitrogens with zero attached hydrogens (tertiary/aromatic N) is 1. The van der Waals surface area contributed by atoms with Gasteiger partial charge in [0, 0.05) is 12.1 Å². The average Bonchev–Trinajstić information content (AvgIpc) is 2.12. The number of rotatable bonds is 7. The molecule has 0 fully saturated rings. The fraction of sp³-hybridized carbons (Fsp3) is 1.00. The summed E-state index contributed by atoms with van der Waals surface area (Å²) in [6.45, 7) is 17.8. The van der Waals surface area contributed by atoms with Gasteiger partial charge >= 0.3 is 0 Å². The van der Waals surface area contributed by atoms with E-state index >= 15 is 0 Å². The molecule has 104 valence electrons. The maximum atomic E-state index is 6.38. The average molecular weight is 296 g/mol. The molecule has 0 aromatic rings. The van der Waals surface area contributed by atoms with Gasteiger partial charge in [-0.3, -0.25) is 4.57 Å². The summed E-state index contributed by atoms with van der Waals surface area (Å²) in [6.07, 6.45) is 2.32. The molecule has 0 saturated heterocycles. The Morgan fingerprint density at radius 1 is 1.00 bits per heavy atom. The minimum absolute atomic E-state index is 0.569. The second kappa shape index (κ2) is 6.71. The number of halogens is 1. The van der Waals surface area contributed by atoms with Crippen LogP contribution in [0, 0.1) is 0 Å². The third-order valence-corrected chi connectivity index (χ3v) is 10.0. The Bertz CT molecular complexity index is 221. The summed E-state index contributed by atoms with van der Waals surface area (Å²) < 4.78 is 8.90. The standard InChI is InChI=1S/C12H30ClNOSi2/c1-9-11(3)14(12(4)10-2)17(7,8)15-16(5,6)13/h11-12H,9-10H2,1-8H3. The van der Waals surface area contributed by atoms with E-state index < -0.39 is 16.1 Å². The van der Waals surface area contributed by atoms with Crippen molar-refractivity contribution < 1.29 is 4.12 Å². The Labute approximate surface area is 115 Å². The van der Waals surface area contributed by atoms with E-state index in [-0.39, 0.29) is 0 Å². The number of hydrogen-bond donors (Lipinski definition) is 0. The molecule has 0 radical (unpaired) electrons. The molecular weight excluding hydrogens is 266 g/mol. The first kappa shape index (κ1) is 17.6. The highest BCUT2D eigenvalue weighted by molar-refractivity contribution is 7.17. The zero-order valence-corrected chi connectivity index (χ0v) is 15.6. The fourth-order valence-electron chi connectivity index (χ4n) is 2.54. The lowest BCUT2D eigenvalue weighted by molar-refractivity contribution is 0.221. The van der Waals surface area contributed by atoms with Crippen molar-refractivity contribution >= 4 is 27.2 Å². The van der Waals surface area contributed by atoms with Crippen LogP contribution in [0.25, 0.3) is 0 Å². The van der Waals surface area contributed by atoms with Gasteiger partial charge in [-0.05, 0) is 39.0 Å². The normalized spacial score (nSPS) is 17.3. The first-order chi connectivity index (χ1) is 7.55. The van der Waals surface area contributed by atoms with Crippen molar-refractivity contribution in [1.82, 2.24) is 4.57 Å². The second-order valence-electron chi connectivity index (χ2n) is 5.83. The molecule has 0 aliphatic carbocycles. The zero-order valence-electron chi connectivity index (χ0n) is 12.8. The van der Waals surface area contributed by atoms with Crippen LogP contribution in [0.3, 0.4) is 0 Å². The molecule has 0 N–H and O–H groups in total. The Morgan fingerprint density at radius 2 is 1.35 bits per heavy atom. The summed E-state index contributed by atoms with van der Waals surface area (Å²) in [5.74, 6) is 0. The van der Waals surface area contributed by atoms with Crippen LogP contribution in [0.5, 0.6) is 0 Å². The second-order valence-corrected chi connectivity index (χ2v) is 15.5. The lowest BCUT2D eigenvalue weighted by Gasteiger charge is -2.46. The van der Waals surface area contributed by atoms with Crippen molar-refractivity contribution in [3.63, 3.8) is 0 Å². The van der Waals surface area contributed by atoms with Crippen molar-refractivity contribution in [3.05, 3.63) is 0 Å². The Balaban J connectivity index is 5.01. The van der Waals surface area contributed by atoms with Crippen LogP contribution in [-0.4, -0.2) is 32.8 Å². The Hall–Kier alpha value is 0.644. The van der Waals surface area contributed by atoms with E-state index in [4.69, 9.17) is 15.2 Å². The largest absolute Gasteiger partial charge is 0.433 e. The van der Waals surface area contributed by atoms with Crippen molar-refractivity contribution in [3.8, 4) is 0 Å². The maximum absolute atomic E-state index is 6.38. The lowest BCUT2D eigenvalue weighted by atomic mass is 10.2. The van der Waals surface area contributed by atoms with Crippen LogP contribution in [0.2, 0.25) is 26.2 Å². The van der Waals surface area contributed by atoms with E-state index in [9.17, 15) is 0 Å². The molecular formula is C12H30ClNOSi2. The van der Waals surface area contributed by atoms with Crippen LogP contribution in [0.1, 0.15) is 40.5 Å². The van der Waals surface area contributed by atoms with Gasteiger partial charge in [0.15, 0.2) is 0 Å². The first-order valence-electron chi connectivity index (χ1n) is 6.72. The van der Waals surface area contributed by atoms with Gasteiger partial charge in [-0.25, -0.2) is 0 Å². The summed E-state index contributed by atoms with van der Waals surface area (Å²) in [4.78, 5) is 0.